The van der Waals surface area contributed by atoms with E-state index >= 15 is 0 Å². The van der Waals surface area contributed by atoms with Crippen LogP contribution < -0.4 is 5.32 Å². The van der Waals surface area contributed by atoms with Crippen LogP contribution in [0.1, 0.15) is 23.9 Å². The number of carbonyl (C=O) groups excluding carboxylic acids is 1. The molecule has 0 radical (unpaired) electrons. The van der Waals surface area contributed by atoms with Crippen molar-refractivity contribution in [2.24, 2.45) is 0 Å². The number of benzene rings is 1. The smallest absolute Gasteiger partial charge is 0.237 e. The quantitative estimate of drug-likeness (QED) is 0.930. The molecule has 5 heteroatoms. The molecule has 0 aliphatic carbocycles. The molecule has 0 fully saturated rings. The highest BCUT2D eigenvalue weighted by Crippen LogP contribution is 2.24. The van der Waals surface area contributed by atoms with Crippen LogP contribution in [-0.4, -0.2) is 33.4 Å². The Bertz CT molecular complexity index is 644. The Morgan fingerprint density at radius 3 is 2.68 bits per heavy atom. The van der Waals surface area contributed by atoms with E-state index in [4.69, 9.17) is 0 Å². The van der Waals surface area contributed by atoms with Crippen molar-refractivity contribution in [3.05, 3.63) is 59.7 Å². The summed E-state index contributed by atoms with van der Waals surface area (Å²) >= 11 is 0. The van der Waals surface area contributed by atoms with Gasteiger partial charge in [0.05, 0.1) is 12.6 Å². The van der Waals surface area contributed by atoms with Crippen molar-refractivity contribution in [3.8, 4) is 0 Å². The van der Waals surface area contributed by atoms with Crippen molar-refractivity contribution >= 4 is 5.91 Å². The lowest BCUT2D eigenvalue weighted by Crippen LogP contribution is -2.50. The fourth-order valence-corrected chi connectivity index (χ4v) is 2.89. The Morgan fingerprint density at radius 1 is 1.23 bits per heavy atom. The van der Waals surface area contributed by atoms with Gasteiger partial charge in [-0.3, -0.25) is 9.69 Å². The first-order chi connectivity index (χ1) is 10.8. The molecule has 0 bridgehead atoms. The third-order valence-corrected chi connectivity index (χ3v) is 3.96. The topological polar surface area (TPSA) is 58.1 Å². The van der Waals surface area contributed by atoms with Gasteiger partial charge in [-0.1, -0.05) is 24.3 Å². The molecular formula is C17H20N4O. The van der Waals surface area contributed by atoms with Gasteiger partial charge >= 0.3 is 0 Å². The van der Waals surface area contributed by atoms with Crippen molar-refractivity contribution in [3.63, 3.8) is 0 Å². The molecule has 5 nitrogen and oxygen atoms in total. The molecule has 1 amide bonds. The van der Waals surface area contributed by atoms with E-state index in [1.54, 1.807) is 18.5 Å². The zero-order valence-electron chi connectivity index (χ0n) is 12.7. The van der Waals surface area contributed by atoms with Crippen molar-refractivity contribution in [2.45, 2.75) is 32.5 Å². The van der Waals surface area contributed by atoms with Gasteiger partial charge in [-0.25, -0.2) is 9.97 Å². The lowest BCUT2D eigenvalue weighted by Gasteiger charge is -2.35. The molecule has 1 aliphatic heterocycles. The average Bonchev–Trinajstić information content (AvgIpc) is 2.55. The Hall–Kier alpha value is -2.27. The molecule has 1 aliphatic rings. The number of hydrogen-bond acceptors (Lipinski definition) is 4. The molecule has 3 rings (SSSR count). The Morgan fingerprint density at radius 2 is 1.95 bits per heavy atom. The number of nitrogens with one attached hydrogen (secondary N) is 1. The van der Waals surface area contributed by atoms with Gasteiger partial charge in [-0.2, -0.15) is 0 Å². The minimum atomic E-state index is -0.168. The van der Waals surface area contributed by atoms with E-state index in [2.05, 4.69) is 32.3 Å². The second-order valence-corrected chi connectivity index (χ2v) is 5.45. The van der Waals surface area contributed by atoms with E-state index in [-0.39, 0.29) is 11.9 Å². The largest absolute Gasteiger partial charge is 0.355 e. The van der Waals surface area contributed by atoms with Crippen molar-refractivity contribution in [1.82, 2.24) is 20.2 Å². The van der Waals surface area contributed by atoms with Gasteiger partial charge in [0, 0.05) is 25.5 Å². The maximum atomic E-state index is 12.4. The summed E-state index contributed by atoms with van der Waals surface area (Å²) in [5.41, 5.74) is 2.53. The molecular weight excluding hydrogens is 276 g/mol. The van der Waals surface area contributed by atoms with Crippen LogP contribution in [0.15, 0.2) is 42.7 Å². The summed E-state index contributed by atoms with van der Waals surface area (Å²) < 4.78 is 0. The molecule has 0 saturated heterocycles. The summed E-state index contributed by atoms with van der Waals surface area (Å²) in [5, 5.41) is 2.94. The molecule has 1 N–H and O–H groups in total. The predicted molar refractivity (Wildman–Crippen MR) is 83.9 cm³/mol. The maximum absolute atomic E-state index is 12.4. The van der Waals surface area contributed by atoms with Gasteiger partial charge in [0.15, 0.2) is 0 Å². The molecule has 1 aromatic heterocycles. The summed E-state index contributed by atoms with van der Waals surface area (Å²) in [5.74, 6) is 0.823. The van der Waals surface area contributed by atoms with Crippen LogP contribution in [0, 0.1) is 0 Å². The van der Waals surface area contributed by atoms with Crippen LogP contribution in [0.2, 0.25) is 0 Å². The summed E-state index contributed by atoms with van der Waals surface area (Å²) in [6, 6.07) is 9.95. The molecule has 0 saturated carbocycles. The minimum absolute atomic E-state index is 0.0768. The fourth-order valence-electron chi connectivity index (χ4n) is 2.89. The molecule has 2 heterocycles. The Labute approximate surface area is 130 Å². The summed E-state index contributed by atoms with van der Waals surface area (Å²) in [4.78, 5) is 23.1. The number of rotatable bonds is 4. The Balaban J connectivity index is 1.85. The molecule has 0 unspecified atom stereocenters. The number of carbonyl (C=O) groups is 1. The van der Waals surface area contributed by atoms with Crippen LogP contribution in [-0.2, 0) is 24.3 Å². The number of aromatic nitrogens is 2. The third kappa shape index (κ3) is 3.14. The van der Waals surface area contributed by atoms with Gasteiger partial charge in [-0.15, -0.1) is 0 Å². The lowest BCUT2D eigenvalue weighted by atomic mass is 9.93. The van der Waals surface area contributed by atoms with Gasteiger partial charge < -0.3 is 5.32 Å². The molecule has 2 aromatic rings. The number of likely N-dealkylation sites (N-methyl/N-ethyl adjacent to an activating group) is 1. The first-order valence-corrected chi connectivity index (χ1v) is 7.62. The highest BCUT2D eigenvalue weighted by Gasteiger charge is 2.31. The first-order valence-electron chi connectivity index (χ1n) is 7.62. The van der Waals surface area contributed by atoms with E-state index in [0.717, 1.165) is 18.8 Å². The highest BCUT2D eigenvalue weighted by atomic mass is 16.2. The first kappa shape index (κ1) is 14.7. The SMILES string of the molecule is CCNC(=O)[C@H]1Cc2ccccc2CN1Cc1ncccn1. The van der Waals surface area contributed by atoms with Crippen LogP contribution in [0.4, 0.5) is 0 Å². The van der Waals surface area contributed by atoms with Gasteiger partial charge in [0.2, 0.25) is 5.91 Å². The van der Waals surface area contributed by atoms with E-state index in [0.29, 0.717) is 13.1 Å². The normalized spacial score (nSPS) is 17.8. The second kappa shape index (κ2) is 6.66. The lowest BCUT2D eigenvalue weighted by molar-refractivity contribution is -0.127. The summed E-state index contributed by atoms with van der Waals surface area (Å²) in [7, 11) is 0. The fraction of sp³-hybridized carbons (Fsp3) is 0.353. The molecule has 0 spiro atoms. The molecule has 114 valence electrons. The maximum Gasteiger partial charge on any atom is 0.237 e. The van der Waals surface area contributed by atoms with Gasteiger partial charge in [-0.05, 0) is 30.5 Å². The van der Waals surface area contributed by atoms with Crippen molar-refractivity contribution in [2.75, 3.05) is 6.54 Å². The van der Waals surface area contributed by atoms with Crippen LogP contribution >= 0.6 is 0 Å². The highest BCUT2D eigenvalue weighted by molar-refractivity contribution is 5.82. The summed E-state index contributed by atoms with van der Waals surface area (Å²) in [6.07, 6.45) is 4.21. The van der Waals surface area contributed by atoms with Gasteiger partial charge in [0.25, 0.3) is 0 Å². The second-order valence-electron chi connectivity index (χ2n) is 5.45. The van der Waals surface area contributed by atoms with Crippen LogP contribution in [0.5, 0.6) is 0 Å². The molecule has 1 aromatic carbocycles. The predicted octanol–water partition coefficient (Wildman–Crippen LogP) is 1.54. The van der Waals surface area contributed by atoms with Crippen molar-refractivity contribution in [1.29, 1.82) is 0 Å². The zero-order valence-corrected chi connectivity index (χ0v) is 12.7. The number of hydrogen-bond donors (Lipinski definition) is 1. The van der Waals surface area contributed by atoms with Gasteiger partial charge in [0.1, 0.15) is 5.82 Å². The Kier molecular flexibility index (Phi) is 4.44. The van der Waals surface area contributed by atoms with E-state index in [1.165, 1.54) is 11.1 Å². The van der Waals surface area contributed by atoms with E-state index < -0.39 is 0 Å². The van der Waals surface area contributed by atoms with E-state index in [9.17, 15) is 4.79 Å². The third-order valence-electron chi connectivity index (χ3n) is 3.96. The van der Waals surface area contributed by atoms with E-state index in [1.807, 2.05) is 19.1 Å². The van der Waals surface area contributed by atoms with Crippen molar-refractivity contribution < 1.29 is 4.79 Å². The average molecular weight is 296 g/mol. The minimum Gasteiger partial charge on any atom is -0.355 e. The zero-order chi connectivity index (χ0) is 15.4. The number of fused-ring (bicyclic) bond motifs is 1. The summed E-state index contributed by atoms with van der Waals surface area (Å²) in [6.45, 7) is 3.92. The van der Waals surface area contributed by atoms with Crippen LogP contribution in [0.25, 0.3) is 0 Å². The monoisotopic (exact) mass is 296 g/mol. The molecule has 1 atom stereocenters. The molecule has 22 heavy (non-hydrogen) atoms. The van der Waals surface area contributed by atoms with Crippen LogP contribution in [0.3, 0.4) is 0 Å². The number of nitrogens with zero attached hydrogens (tertiary/aromatic N) is 3. The number of amides is 1. The standard InChI is InChI=1S/C17H20N4O/c1-2-18-17(22)15-10-13-6-3-4-7-14(13)11-21(15)12-16-19-8-5-9-20-16/h3-9,15H,2,10-12H2,1H3,(H,18,22)/t15-/m1/s1.